The molecule has 3 N–H and O–H groups in total. The van der Waals surface area contributed by atoms with Gasteiger partial charge in [-0.05, 0) is 17.9 Å². The van der Waals surface area contributed by atoms with Crippen LogP contribution in [0.15, 0.2) is 30.3 Å². The van der Waals surface area contributed by atoms with Crippen LogP contribution in [0.5, 0.6) is 0 Å². The van der Waals surface area contributed by atoms with Gasteiger partial charge in [-0.1, -0.05) is 44.2 Å². The van der Waals surface area contributed by atoms with E-state index in [1.807, 2.05) is 44.2 Å². The minimum absolute atomic E-state index is 0.147. The SMILES string of the molecule is CC(C)C[C@H](NC(=O)CNC(=O)Cc1ccccc1)C(=O)O. The number of hydrogen-bond donors (Lipinski definition) is 3. The molecule has 1 aromatic carbocycles. The largest absolute Gasteiger partial charge is 0.480 e. The lowest BCUT2D eigenvalue weighted by Gasteiger charge is -2.16. The van der Waals surface area contributed by atoms with E-state index >= 15 is 0 Å². The van der Waals surface area contributed by atoms with Crippen LogP contribution in [0.25, 0.3) is 0 Å². The maximum absolute atomic E-state index is 11.7. The Morgan fingerprint density at radius 3 is 2.27 bits per heavy atom. The molecule has 0 fully saturated rings. The van der Waals surface area contributed by atoms with Crippen molar-refractivity contribution in [2.45, 2.75) is 32.7 Å². The first-order chi connectivity index (χ1) is 10.4. The zero-order valence-electron chi connectivity index (χ0n) is 12.8. The zero-order valence-corrected chi connectivity index (χ0v) is 12.8. The first-order valence-corrected chi connectivity index (χ1v) is 7.21. The van der Waals surface area contributed by atoms with Gasteiger partial charge in [-0.25, -0.2) is 4.79 Å². The molecule has 2 amide bonds. The fourth-order valence-electron chi connectivity index (χ4n) is 1.96. The molecule has 0 aliphatic heterocycles. The first-order valence-electron chi connectivity index (χ1n) is 7.21. The summed E-state index contributed by atoms with van der Waals surface area (Å²) in [6.07, 6.45) is 0.529. The fraction of sp³-hybridized carbons (Fsp3) is 0.438. The van der Waals surface area contributed by atoms with Crippen LogP contribution in [0.4, 0.5) is 0 Å². The van der Waals surface area contributed by atoms with E-state index in [-0.39, 0.29) is 24.8 Å². The van der Waals surface area contributed by atoms with Gasteiger partial charge in [0.25, 0.3) is 0 Å². The molecule has 0 aliphatic rings. The summed E-state index contributed by atoms with van der Waals surface area (Å²) in [4.78, 5) is 34.5. The fourth-order valence-corrected chi connectivity index (χ4v) is 1.96. The summed E-state index contributed by atoms with van der Waals surface area (Å²) in [5.74, 6) is -1.71. The summed E-state index contributed by atoms with van der Waals surface area (Å²) >= 11 is 0. The smallest absolute Gasteiger partial charge is 0.326 e. The van der Waals surface area contributed by atoms with Gasteiger partial charge in [-0.3, -0.25) is 9.59 Å². The number of hydrogen-bond acceptors (Lipinski definition) is 3. The Labute approximate surface area is 129 Å². The van der Waals surface area contributed by atoms with Crippen molar-refractivity contribution < 1.29 is 19.5 Å². The molecule has 1 atom stereocenters. The molecule has 0 aromatic heterocycles. The number of benzene rings is 1. The highest BCUT2D eigenvalue weighted by molar-refractivity contribution is 5.88. The van der Waals surface area contributed by atoms with Crippen LogP contribution in [0.2, 0.25) is 0 Å². The maximum atomic E-state index is 11.7. The zero-order chi connectivity index (χ0) is 16.5. The molecular formula is C16H22N2O4. The van der Waals surface area contributed by atoms with Crippen molar-refractivity contribution in [2.75, 3.05) is 6.54 Å². The number of amides is 2. The summed E-state index contributed by atoms with van der Waals surface area (Å²) in [5.41, 5.74) is 0.851. The molecule has 0 spiro atoms. The summed E-state index contributed by atoms with van der Waals surface area (Å²) in [7, 11) is 0. The van der Waals surface area contributed by atoms with Crippen LogP contribution in [0.3, 0.4) is 0 Å². The lowest BCUT2D eigenvalue weighted by atomic mass is 10.0. The molecule has 0 bridgehead atoms. The Morgan fingerprint density at radius 1 is 1.09 bits per heavy atom. The van der Waals surface area contributed by atoms with Gasteiger partial charge in [0.2, 0.25) is 11.8 Å². The molecule has 6 nitrogen and oxygen atoms in total. The van der Waals surface area contributed by atoms with Crippen LogP contribution in [-0.2, 0) is 20.8 Å². The predicted octanol–water partition coefficient (Wildman–Crippen LogP) is 0.961. The van der Waals surface area contributed by atoms with E-state index in [0.717, 1.165) is 5.56 Å². The van der Waals surface area contributed by atoms with Crippen LogP contribution in [0.1, 0.15) is 25.8 Å². The van der Waals surface area contributed by atoms with Crippen LogP contribution in [0, 0.1) is 5.92 Å². The summed E-state index contributed by atoms with van der Waals surface area (Å²) in [6, 6.07) is 8.23. The normalized spacial score (nSPS) is 11.8. The minimum Gasteiger partial charge on any atom is -0.480 e. The molecule has 22 heavy (non-hydrogen) atoms. The summed E-state index contributed by atoms with van der Waals surface area (Å²) in [5, 5.41) is 13.9. The van der Waals surface area contributed by atoms with Crippen molar-refractivity contribution in [3.05, 3.63) is 35.9 Å². The second kappa shape index (κ2) is 8.81. The van der Waals surface area contributed by atoms with Gasteiger partial charge in [0.05, 0.1) is 13.0 Å². The van der Waals surface area contributed by atoms with Crippen LogP contribution >= 0.6 is 0 Å². The van der Waals surface area contributed by atoms with E-state index in [2.05, 4.69) is 10.6 Å². The van der Waals surface area contributed by atoms with Crippen molar-refractivity contribution >= 4 is 17.8 Å². The van der Waals surface area contributed by atoms with Gasteiger partial charge in [0.15, 0.2) is 0 Å². The van der Waals surface area contributed by atoms with Crippen LogP contribution in [-0.4, -0.2) is 35.5 Å². The van der Waals surface area contributed by atoms with Crippen molar-refractivity contribution in [3.63, 3.8) is 0 Å². The van der Waals surface area contributed by atoms with Crippen molar-refractivity contribution in [2.24, 2.45) is 5.92 Å². The maximum Gasteiger partial charge on any atom is 0.326 e. The molecule has 0 unspecified atom stereocenters. The molecule has 120 valence electrons. The van der Waals surface area contributed by atoms with Gasteiger partial charge < -0.3 is 15.7 Å². The predicted molar refractivity (Wildman–Crippen MR) is 82.2 cm³/mol. The van der Waals surface area contributed by atoms with Crippen molar-refractivity contribution in [1.29, 1.82) is 0 Å². The van der Waals surface area contributed by atoms with Gasteiger partial charge >= 0.3 is 5.97 Å². The second-order valence-electron chi connectivity index (χ2n) is 5.53. The average molecular weight is 306 g/mol. The molecule has 1 rings (SSSR count). The number of rotatable bonds is 8. The van der Waals surface area contributed by atoms with Crippen molar-refractivity contribution in [3.8, 4) is 0 Å². The third-order valence-electron chi connectivity index (χ3n) is 2.99. The Kier molecular flexibility index (Phi) is 7.08. The highest BCUT2D eigenvalue weighted by Crippen LogP contribution is 2.04. The third kappa shape index (κ3) is 6.88. The van der Waals surface area contributed by atoms with E-state index < -0.39 is 17.9 Å². The monoisotopic (exact) mass is 306 g/mol. The third-order valence-corrected chi connectivity index (χ3v) is 2.99. The molecule has 0 saturated carbocycles. The van der Waals surface area contributed by atoms with Gasteiger partial charge in [0.1, 0.15) is 6.04 Å². The molecule has 0 aliphatic carbocycles. The standard InChI is InChI=1S/C16H22N2O4/c1-11(2)8-13(16(21)22)18-15(20)10-17-14(19)9-12-6-4-3-5-7-12/h3-7,11,13H,8-10H2,1-2H3,(H,17,19)(H,18,20)(H,21,22)/t13-/m0/s1. The molecule has 0 heterocycles. The van der Waals surface area contributed by atoms with E-state index in [0.29, 0.717) is 6.42 Å². The Morgan fingerprint density at radius 2 is 1.73 bits per heavy atom. The quantitative estimate of drug-likeness (QED) is 0.666. The number of carbonyl (C=O) groups excluding carboxylic acids is 2. The molecule has 6 heteroatoms. The van der Waals surface area contributed by atoms with E-state index in [1.165, 1.54) is 0 Å². The first kappa shape index (κ1) is 17.7. The lowest BCUT2D eigenvalue weighted by Crippen LogP contribution is -2.46. The van der Waals surface area contributed by atoms with Crippen LogP contribution < -0.4 is 10.6 Å². The highest BCUT2D eigenvalue weighted by Gasteiger charge is 2.21. The molecular weight excluding hydrogens is 284 g/mol. The Balaban J connectivity index is 2.38. The van der Waals surface area contributed by atoms with E-state index in [4.69, 9.17) is 5.11 Å². The molecule has 0 radical (unpaired) electrons. The molecule has 1 aromatic rings. The van der Waals surface area contributed by atoms with Gasteiger partial charge in [-0.2, -0.15) is 0 Å². The van der Waals surface area contributed by atoms with E-state index in [9.17, 15) is 14.4 Å². The lowest BCUT2D eigenvalue weighted by molar-refractivity contribution is -0.142. The Hall–Kier alpha value is -2.37. The Bertz CT molecular complexity index is 514. The van der Waals surface area contributed by atoms with Gasteiger partial charge in [-0.15, -0.1) is 0 Å². The highest BCUT2D eigenvalue weighted by atomic mass is 16.4. The molecule has 0 saturated heterocycles. The minimum atomic E-state index is -1.07. The van der Waals surface area contributed by atoms with Gasteiger partial charge in [0, 0.05) is 0 Å². The summed E-state index contributed by atoms with van der Waals surface area (Å²) in [6.45, 7) is 3.53. The number of nitrogens with one attached hydrogen (secondary N) is 2. The number of aliphatic carboxylic acids is 1. The number of carboxylic acid groups (broad SMARTS) is 1. The second-order valence-corrected chi connectivity index (χ2v) is 5.53. The number of carboxylic acids is 1. The van der Waals surface area contributed by atoms with E-state index in [1.54, 1.807) is 0 Å². The summed E-state index contributed by atoms with van der Waals surface area (Å²) < 4.78 is 0. The number of carbonyl (C=O) groups is 3. The topological polar surface area (TPSA) is 95.5 Å². The average Bonchev–Trinajstić information content (AvgIpc) is 2.45. The van der Waals surface area contributed by atoms with Crippen molar-refractivity contribution in [1.82, 2.24) is 10.6 Å².